The zero-order chi connectivity index (χ0) is 17.5. The van der Waals surface area contributed by atoms with Crippen LogP contribution in [0.25, 0.3) is 0 Å². The number of nitrogens with zero attached hydrogens (tertiary/aromatic N) is 2. The summed E-state index contributed by atoms with van der Waals surface area (Å²) in [6.07, 6.45) is -0.324. The van der Waals surface area contributed by atoms with Gasteiger partial charge in [0.1, 0.15) is 12.1 Å². The van der Waals surface area contributed by atoms with Crippen LogP contribution in [0.4, 0.5) is 17.2 Å². The summed E-state index contributed by atoms with van der Waals surface area (Å²) in [4.78, 5) is 23.5. The van der Waals surface area contributed by atoms with Gasteiger partial charge in [-0.3, -0.25) is 9.59 Å². The van der Waals surface area contributed by atoms with Crippen molar-refractivity contribution in [1.29, 1.82) is 0 Å². The van der Waals surface area contributed by atoms with Crippen molar-refractivity contribution in [3.8, 4) is 0 Å². The van der Waals surface area contributed by atoms with Crippen LogP contribution in [-0.2, 0) is 20.9 Å². The zero-order valence-corrected chi connectivity index (χ0v) is 14.1. The molecule has 2 aromatic rings. The second-order valence-corrected chi connectivity index (χ2v) is 5.15. The molecule has 0 spiro atoms. The molecule has 0 radical (unpaired) electrons. The fourth-order valence-electron chi connectivity index (χ4n) is 2.27. The molecule has 24 heavy (non-hydrogen) atoms. The number of rotatable bonds is 7. The van der Waals surface area contributed by atoms with E-state index in [0.29, 0.717) is 23.7 Å². The number of esters is 1. The number of para-hydroxylation sites is 1. The molecule has 7 heteroatoms. The summed E-state index contributed by atoms with van der Waals surface area (Å²) in [7, 11) is 0. The van der Waals surface area contributed by atoms with Crippen LogP contribution in [0.3, 0.4) is 0 Å². The monoisotopic (exact) mass is 330 g/mol. The second-order valence-electron chi connectivity index (χ2n) is 5.15. The Labute approximate surface area is 141 Å². The van der Waals surface area contributed by atoms with Gasteiger partial charge in [-0.15, -0.1) is 0 Å². The van der Waals surface area contributed by atoms with Crippen molar-refractivity contribution in [1.82, 2.24) is 9.78 Å². The Bertz CT molecular complexity index is 710. The van der Waals surface area contributed by atoms with E-state index in [1.807, 2.05) is 44.2 Å². The Morgan fingerprint density at radius 3 is 2.54 bits per heavy atom. The van der Waals surface area contributed by atoms with Gasteiger partial charge in [0.15, 0.2) is 5.82 Å². The highest BCUT2D eigenvalue weighted by molar-refractivity contribution is 6.03. The van der Waals surface area contributed by atoms with Crippen LogP contribution in [0.5, 0.6) is 0 Å². The summed E-state index contributed by atoms with van der Waals surface area (Å²) in [6, 6.07) is 9.61. The lowest BCUT2D eigenvalue weighted by Crippen LogP contribution is -2.19. The van der Waals surface area contributed by atoms with Gasteiger partial charge in [0.2, 0.25) is 5.91 Å². The first-order valence-corrected chi connectivity index (χ1v) is 7.90. The molecule has 0 bridgehead atoms. The van der Waals surface area contributed by atoms with E-state index in [1.165, 1.54) is 0 Å². The minimum absolute atomic E-state index is 0.250. The van der Waals surface area contributed by atoms with Crippen LogP contribution < -0.4 is 10.6 Å². The van der Waals surface area contributed by atoms with Gasteiger partial charge in [-0.2, -0.15) is 5.10 Å². The lowest BCUT2D eigenvalue weighted by Gasteiger charge is -2.12. The first-order valence-electron chi connectivity index (χ1n) is 7.90. The molecule has 7 nitrogen and oxygen atoms in total. The standard InChI is InChI=1S/C17H22N4O3/c1-4-21-17(18-13-9-7-6-8-10-13)16(12(3)20-21)19-14(22)11-15(23)24-5-2/h6-10,18H,4-5,11H2,1-3H3,(H,19,22). The molecular weight excluding hydrogens is 308 g/mol. The molecule has 1 aromatic carbocycles. The van der Waals surface area contributed by atoms with E-state index < -0.39 is 11.9 Å². The van der Waals surface area contributed by atoms with Gasteiger partial charge in [0.25, 0.3) is 0 Å². The third-order valence-electron chi connectivity index (χ3n) is 3.34. The summed E-state index contributed by atoms with van der Waals surface area (Å²) in [5.41, 5.74) is 2.12. The van der Waals surface area contributed by atoms with E-state index in [2.05, 4.69) is 15.7 Å². The summed E-state index contributed by atoms with van der Waals surface area (Å²) in [5, 5.41) is 10.4. The molecule has 0 saturated carbocycles. The van der Waals surface area contributed by atoms with Gasteiger partial charge in [-0.05, 0) is 32.9 Å². The molecule has 0 aliphatic heterocycles. The van der Waals surface area contributed by atoms with Crippen molar-refractivity contribution < 1.29 is 14.3 Å². The summed E-state index contributed by atoms with van der Waals surface area (Å²) in [6.45, 7) is 6.37. The summed E-state index contributed by atoms with van der Waals surface area (Å²) < 4.78 is 6.56. The molecular formula is C17H22N4O3. The number of amides is 1. The number of carbonyl (C=O) groups excluding carboxylic acids is 2. The van der Waals surface area contributed by atoms with Gasteiger partial charge in [-0.25, -0.2) is 4.68 Å². The van der Waals surface area contributed by atoms with Crippen molar-refractivity contribution in [3.05, 3.63) is 36.0 Å². The zero-order valence-electron chi connectivity index (χ0n) is 14.1. The minimum Gasteiger partial charge on any atom is -0.466 e. The fourth-order valence-corrected chi connectivity index (χ4v) is 2.27. The molecule has 0 fully saturated rings. The maximum atomic E-state index is 12.1. The summed E-state index contributed by atoms with van der Waals surface area (Å²) in [5.74, 6) is -0.296. The maximum absolute atomic E-state index is 12.1. The quantitative estimate of drug-likeness (QED) is 0.602. The number of hydrogen-bond acceptors (Lipinski definition) is 5. The van der Waals surface area contributed by atoms with E-state index in [1.54, 1.807) is 11.6 Å². The van der Waals surface area contributed by atoms with Crippen LogP contribution >= 0.6 is 0 Å². The predicted octanol–water partition coefficient (Wildman–Crippen LogP) is 2.85. The normalized spacial score (nSPS) is 10.3. The van der Waals surface area contributed by atoms with Crippen molar-refractivity contribution in [2.75, 3.05) is 17.2 Å². The smallest absolute Gasteiger partial charge is 0.315 e. The highest BCUT2D eigenvalue weighted by Crippen LogP contribution is 2.29. The first-order chi connectivity index (χ1) is 11.5. The largest absolute Gasteiger partial charge is 0.466 e. The Balaban J connectivity index is 2.21. The number of carbonyl (C=O) groups is 2. The van der Waals surface area contributed by atoms with Gasteiger partial charge >= 0.3 is 5.97 Å². The number of aryl methyl sites for hydroxylation is 2. The Kier molecular flexibility index (Phi) is 5.95. The molecule has 0 saturated heterocycles. The number of benzene rings is 1. The van der Waals surface area contributed by atoms with E-state index in [9.17, 15) is 9.59 Å². The average Bonchev–Trinajstić information content (AvgIpc) is 2.84. The van der Waals surface area contributed by atoms with E-state index in [0.717, 1.165) is 5.69 Å². The van der Waals surface area contributed by atoms with Crippen molar-refractivity contribution in [2.45, 2.75) is 33.7 Å². The first kappa shape index (κ1) is 17.5. The molecule has 0 aliphatic rings. The lowest BCUT2D eigenvalue weighted by molar-refractivity contribution is -0.145. The van der Waals surface area contributed by atoms with Gasteiger partial charge < -0.3 is 15.4 Å². The number of anilines is 3. The molecule has 2 N–H and O–H groups in total. The van der Waals surface area contributed by atoms with Crippen molar-refractivity contribution >= 4 is 29.1 Å². The molecule has 2 rings (SSSR count). The highest BCUT2D eigenvalue weighted by Gasteiger charge is 2.19. The van der Waals surface area contributed by atoms with Crippen molar-refractivity contribution in [2.24, 2.45) is 0 Å². The van der Waals surface area contributed by atoms with Gasteiger partial charge in [-0.1, -0.05) is 18.2 Å². The second kappa shape index (κ2) is 8.14. The third kappa shape index (κ3) is 4.34. The van der Waals surface area contributed by atoms with Crippen LogP contribution in [0.2, 0.25) is 0 Å². The number of hydrogen-bond donors (Lipinski definition) is 2. The van der Waals surface area contributed by atoms with Crippen LogP contribution in [0.15, 0.2) is 30.3 Å². The number of ether oxygens (including phenoxy) is 1. The maximum Gasteiger partial charge on any atom is 0.315 e. The van der Waals surface area contributed by atoms with E-state index >= 15 is 0 Å². The minimum atomic E-state index is -0.548. The molecule has 1 heterocycles. The third-order valence-corrected chi connectivity index (χ3v) is 3.34. The lowest BCUT2D eigenvalue weighted by atomic mass is 10.3. The number of aromatic nitrogens is 2. The summed E-state index contributed by atoms with van der Waals surface area (Å²) >= 11 is 0. The molecule has 128 valence electrons. The molecule has 0 unspecified atom stereocenters. The van der Waals surface area contributed by atoms with Crippen LogP contribution in [-0.4, -0.2) is 28.3 Å². The Hall–Kier alpha value is -2.83. The SMILES string of the molecule is CCOC(=O)CC(=O)Nc1c(C)nn(CC)c1Nc1ccccc1. The van der Waals surface area contributed by atoms with Gasteiger partial charge in [0, 0.05) is 12.2 Å². The van der Waals surface area contributed by atoms with Crippen LogP contribution in [0, 0.1) is 6.92 Å². The predicted molar refractivity (Wildman–Crippen MR) is 92.2 cm³/mol. The van der Waals surface area contributed by atoms with E-state index in [4.69, 9.17) is 4.74 Å². The highest BCUT2D eigenvalue weighted by atomic mass is 16.5. The molecule has 0 aliphatic carbocycles. The topological polar surface area (TPSA) is 85.2 Å². The van der Waals surface area contributed by atoms with Crippen molar-refractivity contribution in [3.63, 3.8) is 0 Å². The van der Waals surface area contributed by atoms with Gasteiger partial charge in [0.05, 0.1) is 12.3 Å². The molecule has 1 aromatic heterocycles. The Morgan fingerprint density at radius 2 is 1.92 bits per heavy atom. The number of nitrogens with one attached hydrogen (secondary N) is 2. The Morgan fingerprint density at radius 1 is 1.21 bits per heavy atom. The van der Waals surface area contributed by atoms with Crippen LogP contribution in [0.1, 0.15) is 26.0 Å². The van der Waals surface area contributed by atoms with E-state index in [-0.39, 0.29) is 13.0 Å². The fraction of sp³-hybridized carbons (Fsp3) is 0.353. The average molecular weight is 330 g/mol. The molecule has 1 amide bonds. The molecule has 0 atom stereocenters.